The zero-order chi connectivity index (χ0) is 18.2. The van der Waals surface area contributed by atoms with Gasteiger partial charge >= 0.3 is 0 Å². The van der Waals surface area contributed by atoms with E-state index in [-0.39, 0.29) is 0 Å². The average molecular weight is 345 g/mol. The molecule has 5 rings (SSSR count). The zero-order valence-corrected chi connectivity index (χ0v) is 14.9. The number of nitrogens with one attached hydrogen (secondary N) is 1. The van der Waals surface area contributed by atoms with Gasteiger partial charge in [-0.25, -0.2) is 0 Å². The van der Waals surface area contributed by atoms with Crippen molar-refractivity contribution in [3.8, 4) is 33.4 Å². The van der Waals surface area contributed by atoms with Crippen molar-refractivity contribution in [1.82, 2.24) is 0 Å². The van der Waals surface area contributed by atoms with Crippen molar-refractivity contribution >= 4 is 6.21 Å². The van der Waals surface area contributed by atoms with Crippen molar-refractivity contribution in [3.05, 3.63) is 108 Å². The van der Waals surface area contributed by atoms with Crippen LogP contribution in [0.3, 0.4) is 0 Å². The molecule has 1 aliphatic carbocycles. The van der Waals surface area contributed by atoms with Gasteiger partial charge < -0.3 is 5.41 Å². The Balaban J connectivity index is 1.74. The third-order valence-corrected chi connectivity index (χ3v) is 5.47. The molecule has 0 unspecified atom stereocenters. The standard InChI is InChI=1S/C26H19N/c27-17-19-9-2-4-11-21(19)22-12-5-6-13-24(22)25-15-7-14-23-20-10-3-1-8-18(20)16-26(23)25/h1-15,17,27H,16H2. The Bertz CT molecular complexity index is 1170. The van der Waals surface area contributed by atoms with Gasteiger partial charge in [-0.05, 0) is 56.5 Å². The third-order valence-electron chi connectivity index (χ3n) is 5.47. The van der Waals surface area contributed by atoms with Gasteiger partial charge in [0.25, 0.3) is 0 Å². The molecule has 0 spiro atoms. The Morgan fingerprint density at radius 2 is 1.04 bits per heavy atom. The van der Waals surface area contributed by atoms with E-state index in [4.69, 9.17) is 5.41 Å². The van der Waals surface area contributed by atoms with Crippen molar-refractivity contribution < 1.29 is 0 Å². The minimum absolute atomic E-state index is 0.945. The van der Waals surface area contributed by atoms with Crippen LogP contribution in [0.2, 0.25) is 0 Å². The summed E-state index contributed by atoms with van der Waals surface area (Å²) in [5.41, 5.74) is 11.3. The molecule has 0 atom stereocenters. The third kappa shape index (κ3) is 2.51. The molecule has 0 heterocycles. The predicted octanol–water partition coefficient (Wildman–Crippen LogP) is 6.59. The second-order valence-electron chi connectivity index (χ2n) is 6.94. The van der Waals surface area contributed by atoms with Crippen molar-refractivity contribution in [2.24, 2.45) is 0 Å². The molecule has 0 aliphatic heterocycles. The van der Waals surface area contributed by atoms with E-state index in [2.05, 4.69) is 72.8 Å². The lowest BCUT2D eigenvalue weighted by molar-refractivity contribution is 1.26. The molecular weight excluding hydrogens is 326 g/mol. The van der Waals surface area contributed by atoms with Crippen LogP contribution in [0.5, 0.6) is 0 Å². The first-order chi connectivity index (χ1) is 13.4. The largest absolute Gasteiger partial charge is 0.308 e. The van der Waals surface area contributed by atoms with Crippen molar-refractivity contribution in [1.29, 1.82) is 5.41 Å². The second kappa shape index (κ2) is 6.37. The molecule has 1 aliphatic rings. The first-order valence-electron chi connectivity index (χ1n) is 9.26. The Morgan fingerprint density at radius 3 is 1.78 bits per heavy atom. The normalized spacial score (nSPS) is 11.7. The van der Waals surface area contributed by atoms with E-state index < -0.39 is 0 Å². The smallest absolute Gasteiger partial charge is 0.0256 e. The molecule has 0 bridgehead atoms. The zero-order valence-electron chi connectivity index (χ0n) is 14.9. The highest BCUT2D eigenvalue weighted by Gasteiger charge is 2.22. The summed E-state index contributed by atoms with van der Waals surface area (Å²) < 4.78 is 0. The first kappa shape index (κ1) is 15.8. The highest BCUT2D eigenvalue weighted by Crippen LogP contribution is 2.43. The minimum atomic E-state index is 0.945. The lowest BCUT2D eigenvalue weighted by atomic mass is 9.88. The van der Waals surface area contributed by atoms with Gasteiger partial charge in [-0.15, -0.1) is 0 Å². The Labute approximate surface area is 159 Å². The molecule has 0 aromatic heterocycles. The fourth-order valence-corrected chi connectivity index (χ4v) is 4.23. The molecule has 0 radical (unpaired) electrons. The molecule has 1 heteroatoms. The summed E-state index contributed by atoms with van der Waals surface area (Å²) in [5.74, 6) is 0. The van der Waals surface area contributed by atoms with E-state index in [1.54, 1.807) is 0 Å². The van der Waals surface area contributed by atoms with Crippen LogP contribution in [0.4, 0.5) is 0 Å². The van der Waals surface area contributed by atoms with Crippen LogP contribution < -0.4 is 0 Å². The molecule has 27 heavy (non-hydrogen) atoms. The lowest BCUT2D eigenvalue weighted by Gasteiger charge is -2.15. The summed E-state index contributed by atoms with van der Waals surface area (Å²) in [6, 6.07) is 32.0. The van der Waals surface area contributed by atoms with Crippen LogP contribution in [-0.4, -0.2) is 6.21 Å². The van der Waals surface area contributed by atoms with Crippen LogP contribution in [0.25, 0.3) is 33.4 Å². The number of rotatable bonds is 3. The van der Waals surface area contributed by atoms with Gasteiger partial charge in [0.15, 0.2) is 0 Å². The molecule has 0 saturated heterocycles. The molecular formula is C26H19N. The molecule has 0 fully saturated rings. The lowest BCUT2D eigenvalue weighted by Crippen LogP contribution is -1.93. The second-order valence-corrected chi connectivity index (χ2v) is 6.94. The first-order valence-corrected chi connectivity index (χ1v) is 9.26. The van der Waals surface area contributed by atoms with Crippen LogP contribution in [0.15, 0.2) is 91.0 Å². The highest BCUT2D eigenvalue weighted by molar-refractivity contribution is 5.96. The van der Waals surface area contributed by atoms with E-state index in [9.17, 15) is 0 Å². The summed E-state index contributed by atoms with van der Waals surface area (Å²) >= 11 is 0. The maximum atomic E-state index is 7.79. The van der Waals surface area contributed by atoms with Crippen molar-refractivity contribution in [2.75, 3.05) is 0 Å². The predicted molar refractivity (Wildman–Crippen MR) is 113 cm³/mol. The molecule has 0 amide bonds. The molecule has 1 N–H and O–H groups in total. The summed E-state index contributed by atoms with van der Waals surface area (Å²) in [5, 5.41) is 7.79. The number of benzene rings is 4. The number of hydrogen-bond acceptors (Lipinski definition) is 1. The van der Waals surface area contributed by atoms with Gasteiger partial charge in [-0.3, -0.25) is 0 Å². The summed E-state index contributed by atoms with van der Waals surface area (Å²) in [4.78, 5) is 0. The van der Waals surface area contributed by atoms with Gasteiger partial charge in [0.2, 0.25) is 0 Å². The highest BCUT2D eigenvalue weighted by atomic mass is 14.3. The fraction of sp³-hybridized carbons (Fsp3) is 0.0385. The van der Waals surface area contributed by atoms with Gasteiger partial charge in [0.05, 0.1) is 0 Å². The topological polar surface area (TPSA) is 23.9 Å². The average Bonchev–Trinajstić information content (AvgIpc) is 3.12. The van der Waals surface area contributed by atoms with Crippen LogP contribution in [0, 0.1) is 5.41 Å². The monoisotopic (exact) mass is 345 g/mol. The molecule has 128 valence electrons. The molecule has 0 saturated carbocycles. The molecule has 1 nitrogen and oxygen atoms in total. The van der Waals surface area contributed by atoms with E-state index in [0.717, 1.165) is 17.5 Å². The van der Waals surface area contributed by atoms with Crippen LogP contribution >= 0.6 is 0 Å². The van der Waals surface area contributed by atoms with E-state index in [1.807, 2.05) is 18.2 Å². The van der Waals surface area contributed by atoms with Crippen LogP contribution in [-0.2, 0) is 6.42 Å². The van der Waals surface area contributed by atoms with Crippen molar-refractivity contribution in [2.45, 2.75) is 6.42 Å². The fourth-order valence-electron chi connectivity index (χ4n) is 4.23. The minimum Gasteiger partial charge on any atom is -0.308 e. The van der Waals surface area contributed by atoms with E-state index in [1.165, 1.54) is 45.2 Å². The Morgan fingerprint density at radius 1 is 0.519 bits per heavy atom. The number of fused-ring (bicyclic) bond motifs is 3. The van der Waals surface area contributed by atoms with Crippen LogP contribution in [0.1, 0.15) is 16.7 Å². The SMILES string of the molecule is N=Cc1ccccc1-c1ccccc1-c1cccc2c1Cc1ccccc1-2. The number of hydrogen-bond donors (Lipinski definition) is 1. The Hall–Kier alpha value is -3.45. The summed E-state index contributed by atoms with van der Waals surface area (Å²) in [6.07, 6.45) is 2.42. The molecule has 4 aromatic rings. The molecule has 4 aromatic carbocycles. The summed E-state index contributed by atoms with van der Waals surface area (Å²) in [6.45, 7) is 0. The van der Waals surface area contributed by atoms with Gasteiger partial charge in [0.1, 0.15) is 0 Å². The maximum Gasteiger partial charge on any atom is 0.0256 e. The van der Waals surface area contributed by atoms with Gasteiger partial charge in [-0.2, -0.15) is 0 Å². The Kier molecular flexibility index (Phi) is 3.72. The van der Waals surface area contributed by atoms with E-state index >= 15 is 0 Å². The quantitative estimate of drug-likeness (QED) is 0.357. The van der Waals surface area contributed by atoms with E-state index in [0.29, 0.717) is 0 Å². The van der Waals surface area contributed by atoms with Gasteiger partial charge in [-0.1, -0.05) is 91.0 Å². The summed E-state index contributed by atoms with van der Waals surface area (Å²) in [7, 11) is 0. The van der Waals surface area contributed by atoms with Crippen molar-refractivity contribution in [3.63, 3.8) is 0 Å². The van der Waals surface area contributed by atoms with Gasteiger partial charge in [0, 0.05) is 6.21 Å². The maximum absolute atomic E-state index is 7.79.